The molecule has 1 saturated heterocycles. The van der Waals surface area contributed by atoms with Gasteiger partial charge in [-0.3, -0.25) is 9.48 Å². The van der Waals surface area contributed by atoms with E-state index < -0.39 is 0 Å². The summed E-state index contributed by atoms with van der Waals surface area (Å²) in [7, 11) is 1.85. The second-order valence-electron chi connectivity index (χ2n) is 6.58. The number of hydrogen-bond donors (Lipinski definition) is 1. The topological polar surface area (TPSA) is 50.2 Å². The standard InChI is InChI=1S/C16H28N4O/c1-12-8-13(2)11-20(10-12)7-5-6-17-16(21)15-9-18-19(4)14(15)3/h9,12-13H,5-8,10-11H2,1-4H3,(H,17,21). The Morgan fingerprint density at radius 2 is 2.05 bits per heavy atom. The summed E-state index contributed by atoms with van der Waals surface area (Å²) in [6.45, 7) is 10.8. The molecule has 1 aromatic heterocycles. The van der Waals surface area contributed by atoms with E-state index in [2.05, 4.69) is 29.2 Å². The molecule has 5 heteroatoms. The maximum Gasteiger partial charge on any atom is 0.254 e. The first-order chi connectivity index (χ1) is 9.97. The molecule has 0 bridgehead atoms. The molecule has 2 unspecified atom stereocenters. The number of carbonyl (C=O) groups excluding carboxylic acids is 1. The van der Waals surface area contributed by atoms with E-state index in [0.717, 1.165) is 37.0 Å². The van der Waals surface area contributed by atoms with Crippen LogP contribution in [0, 0.1) is 18.8 Å². The molecule has 1 N–H and O–H groups in total. The number of rotatable bonds is 5. The molecule has 0 aromatic carbocycles. The van der Waals surface area contributed by atoms with Crippen LogP contribution in [0.1, 0.15) is 42.7 Å². The van der Waals surface area contributed by atoms with E-state index in [1.807, 2.05) is 14.0 Å². The number of nitrogens with zero attached hydrogens (tertiary/aromatic N) is 3. The van der Waals surface area contributed by atoms with Crippen LogP contribution in [0.5, 0.6) is 0 Å². The molecule has 118 valence electrons. The highest BCUT2D eigenvalue weighted by molar-refractivity contribution is 5.94. The van der Waals surface area contributed by atoms with Crippen LogP contribution in [0.25, 0.3) is 0 Å². The van der Waals surface area contributed by atoms with Gasteiger partial charge in [-0.25, -0.2) is 0 Å². The molecule has 0 saturated carbocycles. The van der Waals surface area contributed by atoms with Crippen molar-refractivity contribution in [2.24, 2.45) is 18.9 Å². The molecule has 0 aliphatic carbocycles. The average molecular weight is 292 g/mol. The first-order valence-corrected chi connectivity index (χ1v) is 7.96. The summed E-state index contributed by atoms with van der Waals surface area (Å²) in [6, 6.07) is 0. The maximum atomic E-state index is 12.1. The van der Waals surface area contributed by atoms with Gasteiger partial charge in [0.25, 0.3) is 5.91 Å². The van der Waals surface area contributed by atoms with Crippen LogP contribution in [0.4, 0.5) is 0 Å². The van der Waals surface area contributed by atoms with Crippen molar-refractivity contribution in [1.29, 1.82) is 0 Å². The zero-order valence-corrected chi connectivity index (χ0v) is 13.7. The van der Waals surface area contributed by atoms with E-state index in [9.17, 15) is 4.79 Å². The maximum absolute atomic E-state index is 12.1. The number of aryl methyl sites for hydroxylation is 1. The highest BCUT2D eigenvalue weighted by Crippen LogP contribution is 2.20. The Bertz CT molecular complexity index is 473. The minimum atomic E-state index is -0.0130. The highest BCUT2D eigenvalue weighted by Gasteiger charge is 2.21. The number of nitrogens with one attached hydrogen (secondary N) is 1. The summed E-state index contributed by atoms with van der Waals surface area (Å²) < 4.78 is 1.73. The van der Waals surface area contributed by atoms with Crippen molar-refractivity contribution < 1.29 is 4.79 Å². The predicted octanol–water partition coefficient (Wildman–Crippen LogP) is 1.83. The first-order valence-electron chi connectivity index (χ1n) is 7.96. The molecule has 2 rings (SSSR count). The highest BCUT2D eigenvalue weighted by atomic mass is 16.1. The number of hydrogen-bond acceptors (Lipinski definition) is 3. The minimum Gasteiger partial charge on any atom is -0.352 e. The second-order valence-corrected chi connectivity index (χ2v) is 6.58. The summed E-state index contributed by atoms with van der Waals surface area (Å²) in [5.74, 6) is 1.57. The molecule has 2 atom stereocenters. The molecular weight excluding hydrogens is 264 g/mol. The predicted molar refractivity (Wildman–Crippen MR) is 84.3 cm³/mol. The fraction of sp³-hybridized carbons (Fsp3) is 0.750. The van der Waals surface area contributed by atoms with E-state index in [0.29, 0.717) is 5.56 Å². The molecule has 1 aliphatic rings. The Balaban J connectivity index is 1.70. The van der Waals surface area contributed by atoms with Gasteiger partial charge in [0, 0.05) is 32.4 Å². The summed E-state index contributed by atoms with van der Waals surface area (Å²) in [4.78, 5) is 14.6. The average Bonchev–Trinajstić information content (AvgIpc) is 2.74. The van der Waals surface area contributed by atoms with Crippen LogP contribution in [0.2, 0.25) is 0 Å². The Morgan fingerprint density at radius 3 is 2.62 bits per heavy atom. The Kier molecular flexibility index (Phi) is 5.39. The fourth-order valence-corrected chi connectivity index (χ4v) is 3.30. The van der Waals surface area contributed by atoms with Crippen LogP contribution in [0.15, 0.2) is 6.20 Å². The SMILES string of the molecule is Cc1c(C(=O)NCCCN2CC(C)CC(C)C2)cnn1C. The quantitative estimate of drug-likeness (QED) is 0.842. The van der Waals surface area contributed by atoms with Crippen LogP contribution >= 0.6 is 0 Å². The van der Waals surface area contributed by atoms with Crippen LogP contribution in [0.3, 0.4) is 0 Å². The van der Waals surface area contributed by atoms with Gasteiger partial charge in [-0.05, 0) is 38.1 Å². The zero-order chi connectivity index (χ0) is 15.4. The molecule has 1 fully saturated rings. The third kappa shape index (κ3) is 4.30. The van der Waals surface area contributed by atoms with Crippen LogP contribution in [-0.2, 0) is 7.05 Å². The van der Waals surface area contributed by atoms with Gasteiger partial charge >= 0.3 is 0 Å². The number of piperidine rings is 1. The van der Waals surface area contributed by atoms with E-state index in [-0.39, 0.29) is 5.91 Å². The fourth-order valence-electron chi connectivity index (χ4n) is 3.30. The lowest BCUT2D eigenvalue weighted by molar-refractivity contribution is 0.0946. The molecule has 1 amide bonds. The summed E-state index contributed by atoms with van der Waals surface area (Å²) in [6.07, 6.45) is 3.98. The zero-order valence-electron chi connectivity index (χ0n) is 13.7. The van der Waals surface area contributed by atoms with Gasteiger partial charge in [0.2, 0.25) is 0 Å². The van der Waals surface area contributed by atoms with E-state index in [4.69, 9.17) is 0 Å². The molecule has 0 spiro atoms. The number of aromatic nitrogens is 2. The van der Waals surface area contributed by atoms with Crippen molar-refractivity contribution >= 4 is 5.91 Å². The van der Waals surface area contributed by atoms with Gasteiger partial charge in [0.05, 0.1) is 11.8 Å². The molecular formula is C16H28N4O. The van der Waals surface area contributed by atoms with Gasteiger partial charge in [-0.2, -0.15) is 5.10 Å². The molecule has 1 aromatic rings. The van der Waals surface area contributed by atoms with Gasteiger partial charge in [0.1, 0.15) is 0 Å². The van der Waals surface area contributed by atoms with Crippen molar-refractivity contribution in [3.05, 3.63) is 17.5 Å². The van der Waals surface area contributed by atoms with Gasteiger partial charge in [-0.15, -0.1) is 0 Å². The number of likely N-dealkylation sites (tertiary alicyclic amines) is 1. The monoisotopic (exact) mass is 292 g/mol. The minimum absolute atomic E-state index is 0.0130. The molecule has 2 heterocycles. The van der Waals surface area contributed by atoms with E-state index in [1.54, 1.807) is 10.9 Å². The van der Waals surface area contributed by atoms with E-state index in [1.165, 1.54) is 19.5 Å². The Hall–Kier alpha value is -1.36. The normalized spacial score (nSPS) is 23.2. The number of amides is 1. The lowest BCUT2D eigenvalue weighted by Crippen LogP contribution is -2.40. The van der Waals surface area contributed by atoms with Crippen molar-refractivity contribution in [3.63, 3.8) is 0 Å². The molecule has 0 radical (unpaired) electrons. The van der Waals surface area contributed by atoms with Gasteiger partial charge < -0.3 is 10.2 Å². The smallest absolute Gasteiger partial charge is 0.254 e. The lowest BCUT2D eigenvalue weighted by Gasteiger charge is -2.34. The molecule has 21 heavy (non-hydrogen) atoms. The molecule has 5 nitrogen and oxygen atoms in total. The van der Waals surface area contributed by atoms with Gasteiger partial charge in [0.15, 0.2) is 0 Å². The van der Waals surface area contributed by atoms with Crippen molar-refractivity contribution in [3.8, 4) is 0 Å². The summed E-state index contributed by atoms with van der Waals surface area (Å²) >= 11 is 0. The van der Waals surface area contributed by atoms with Crippen LogP contribution < -0.4 is 5.32 Å². The third-order valence-electron chi connectivity index (χ3n) is 4.36. The Morgan fingerprint density at radius 1 is 1.38 bits per heavy atom. The lowest BCUT2D eigenvalue weighted by atomic mass is 9.92. The third-order valence-corrected chi connectivity index (χ3v) is 4.36. The van der Waals surface area contributed by atoms with Crippen LogP contribution in [-0.4, -0.2) is 46.8 Å². The second kappa shape index (κ2) is 7.07. The van der Waals surface area contributed by atoms with Crippen molar-refractivity contribution in [2.45, 2.75) is 33.6 Å². The summed E-state index contributed by atoms with van der Waals surface area (Å²) in [5, 5.41) is 7.10. The number of carbonyl (C=O) groups is 1. The van der Waals surface area contributed by atoms with Crippen molar-refractivity contribution in [2.75, 3.05) is 26.2 Å². The first kappa shape index (κ1) is 16.0. The molecule has 1 aliphatic heterocycles. The largest absolute Gasteiger partial charge is 0.352 e. The van der Waals surface area contributed by atoms with E-state index >= 15 is 0 Å². The Labute approximate surface area is 127 Å². The van der Waals surface area contributed by atoms with Crippen molar-refractivity contribution in [1.82, 2.24) is 20.0 Å². The van der Waals surface area contributed by atoms with Gasteiger partial charge in [-0.1, -0.05) is 13.8 Å². The summed E-state index contributed by atoms with van der Waals surface area (Å²) in [5.41, 5.74) is 1.59.